The molecule has 0 saturated heterocycles. The van der Waals surface area contributed by atoms with Gasteiger partial charge in [-0.1, -0.05) is 13.0 Å². The highest BCUT2D eigenvalue weighted by Gasteiger charge is 2.14. The summed E-state index contributed by atoms with van der Waals surface area (Å²) < 4.78 is 11.0. The van der Waals surface area contributed by atoms with Crippen LogP contribution in [0.3, 0.4) is 0 Å². The fraction of sp³-hybridized carbons (Fsp3) is 0.500. The molecule has 1 heterocycles. The molecule has 3 atom stereocenters. The van der Waals surface area contributed by atoms with E-state index in [2.05, 4.69) is 11.9 Å². The number of hydrogen-bond donors (Lipinski definition) is 1. The molecule has 0 bridgehead atoms. The Hall–Kier alpha value is -0.740. The van der Waals surface area contributed by atoms with Crippen LogP contribution in [-0.2, 0) is 11.0 Å². The molecule has 0 fully saturated rings. The second-order valence-corrected chi connectivity index (χ2v) is 4.99. The number of aromatic nitrogens is 1. The van der Waals surface area contributed by atoms with Crippen molar-refractivity contribution in [3.8, 4) is 0 Å². The summed E-state index contributed by atoms with van der Waals surface area (Å²) in [6.07, 6.45) is 2.58. The fourth-order valence-corrected chi connectivity index (χ4v) is 1.86. The van der Waals surface area contributed by atoms with E-state index < -0.39 is 11.0 Å². The topological polar surface area (TPSA) is 56.0 Å². The van der Waals surface area contributed by atoms with Gasteiger partial charge in [0.2, 0.25) is 0 Å². The molecule has 0 aliphatic carbocycles. The molecule has 2 unspecified atom stereocenters. The number of nitrogens with two attached hydrogens (primary N) is 1. The van der Waals surface area contributed by atoms with Crippen molar-refractivity contribution in [3.63, 3.8) is 0 Å². The van der Waals surface area contributed by atoms with Gasteiger partial charge in [-0.05, 0) is 31.4 Å². The number of nitrogens with zero attached hydrogens (tertiary/aromatic N) is 1. The van der Waals surface area contributed by atoms with Gasteiger partial charge >= 0.3 is 0 Å². The van der Waals surface area contributed by atoms with Gasteiger partial charge in [-0.3, -0.25) is 10.1 Å². The van der Waals surface area contributed by atoms with Crippen LogP contribution >= 0.6 is 0 Å². The lowest BCUT2D eigenvalue weighted by Gasteiger charge is -2.14. The largest absolute Gasteiger partial charge is 0.261 e. The molecule has 0 amide bonds. The average Bonchev–Trinajstić information content (AvgIpc) is 2.19. The first-order chi connectivity index (χ1) is 6.61. The Morgan fingerprint density at radius 2 is 2.21 bits per heavy atom. The van der Waals surface area contributed by atoms with Crippen molar-refractivity contribution >= 4 is 11.0 Å². The Labute approximate surface area is 87.3 Å². The summed E-state index contributed by atoms with van der Waals surface area (Å²) in [7, 11) is -1.23. The minimum absolute atomic E-state index is 0.0204. The average molecular weight is 212 g/mol. The lowest BCUT2D eigenvalue weighted by molar-refractivity contribution is 0.626. The van der Waals surface area contributed by atoms with Gasteiger partial charge in [-0.15, -0.1) is 0 Å². The second kappa shape index (κ2) is 5.22. The summed E-state index contributed by atoms with van der Waals surface area (Å²) in [6, 6.07) is 5.83. The molecule has 0 spiro atoms. The molecular weight excluding hydrogens is 196 g/mol. The summed E-state index contributed by atoms with van der Waals surface area (Å²) in [5.41, 5.74) is 1.03. The zero-order valence-electron chi connectivity index (χ0n) is 8.51. The third-order valence-corrected chi connectivity index (χ3v) is 3.26. The quantitative estimate of drug-likeness (QED) is 0.824. The van der Waals surface area contributed by atoms with Crippen LogP contribution in [-0.4, -0.2) is 14.4 Å². The number of pyridine rings is 1. The highest BCUT2D eigenvalue weighted by atomic mass is 32.2. The lowest BCUT2D eigenvalue weighted by atomic mass is 10.0. The Bertz CT molecular complexity index is 302. The van der Waals surface area contributed by atoms with Crippen molar-refractivity contribution in [2.24, 2.45) is 5.14 Å². The van der Waals surface area contributed by atoms with Gasteiger partial charge in [-0.2, -0.15) is 0 Å². The molecule has 14 heavy (non-hydrogen) atoms. The van der Waals surface area contributed by atoms with Crippen LogP contribution in [0.2, 0.25) is 0 Å². The Morgan fingerprint density at radius 3 is 2.71 bits per heavy atom. The molecule has 0 aliphatic rings. The van der Waals surface area contributed by atoms with Crippen molar-refractivity contribution < 1.29 is 4.21 Å². The van der Waals surface area contributed by atoms with Gasteiger partial charge in [0.25, 0.3) is 0 Å². The maximum absolute atomic E-state index is 11.0. The summed E-state index contributed by atoms with van der Waals surface area (Å²) >= 11 is 0. The molecule has 0 aromatic carbocycles. The molecule has 0 aliphatic heterocycles. The van der Waals surface area contributed by atoms with Gasteiger partial charge in [-0.25, -0.2) is 4.21 Å². The Balaban J connectivity index is 2.59. The molecule has 1 rings (SSSR count). The van der Waals surface area contributed by atoms with Gasteiger partial charge < -0.3 is 0 Å². The standard InChI is InChI=1S/C10H16N2OS/c1-8(7-9(2)14(11)13)10-5-3-4-6-12-10/h3-6,8-9H,7,11H2,1-2H3/t8-,9?,14?/m0/s1. The lowest BCUT2D eigenvalue weighted by Crippen LogP contribution is -2.20. The molecule has 2 N–H and O–H groups in total. The fourth-order valence-electron chi connectivity index (χ4n) is 1.38. The monoisotopic (exact) mass is 212 g/mol. The molecule has 1 aromatic rings. The van der Waals surface area contributed by atoms with Crippen LogP contribution in [0.25, 0.3) is 0 Å². The zero-order chi connectivity index (χ0) is 10.6. The summed E-state index contributed by atoms with van der Waals surface area (Å²) in [5, 5.41) is 5.33. The minimum Gasteiger partial charge on any atom is -0.261 e. The van der Waals surface area contributed by atoms with E-state index in [-0.39, 0.29) is 5.25 Å². The molecule has 3 nitrogen and oxygen atoms in total. The third kappa shape index (κ3) is 3.20. The highest BCUT2D eigenvalue weighted by molar-refractivity contribution is 7.83. The van der Waals surface area contributed by atoms with Crippen molar-refractivity contribution in [1.29, 1.82) is 0 Å². The molecule has 1 aromatic heterocycles. The smallest absolute Gasteiger partial charge is 0.0917 e. The van der Waals surface area contributed by atoms with Gasteiger partial charge in [0.15, 0.2) is 0 Å². The highest BCUT2D eigenvalue weighted by Crippen LogP contribution is 2.19. The third-order valence-electron chi connectivity index (χ3n) is 2.27. The van der Waals surface area contributed by atoms with E-state index in [0.29, 0.717) is 5.92 Å². The van der Waals surface area contributed by atoms with Crippen LogP contribution in [0, 0.1) is 0 Å². The van der Waals surface area contributed by atoms with E-state index >= 15 is 0 Å². The van der Waals surface area contributed by atoms with E-state index in [1.807, 2.05) is 25.1 Å². The predicted octanol–water partition coefficient (Wildman–Crippen LogP) is 1.59. The normalized spacial score (nSPS) is 17.4. The van der Waals surface area contributed by atoms with Crippen molar-refractivity contribution in [1.82, 2.24) is 4.98 Å². The van der Waals surface area contributed by atoms with Crippen LogP contribution in [0.1, 0.15) is 31.9 Å². The number of rotatable bonds is 4. The van der Waals surface area contributed by atoms with E-state index in [4.69, 9.17) is 5.14 Å². The molecule has 0 saturated carbocycles. The Kier molecular flexibility index (Phi) is 4.22. The molecule has 0 radical (unpaired) electrons. The van der Waals surface area contributed by atoms with Gasteiger partial charge in [0.1, 0.15) is 0 Å². The van der Waals surface area contributed by atoms with Crippen LogP contribution in [0.15, 0.2) is 24.4 Å². The first-order valence-electron chi connectivity index (χ1n) is 4.67. The molecule has 78 valence electrons. The van der Waals surface area contributed by atoms with Crippen LogP contribution < -0.4 is 5.14 Å². The van der Waals surface area contributed by atoms with Crippen LogP contribution in [0.5, 0.6) is 0 Å². The first-order valence-corrected chi connectivity index (χ1v) is 5.94. The van der Waals surface area contributed by atoms with Crippen LogP contribution in [0.4, 0.5) is 0 Å². The second-order valence-electron chi connectivity index (χ2n) is 3.53. The SMILES string of the molecule is CC(C[C@H](C)c1ccccn1)S(N)=O. The van der Waals surface area contributed by atoms with Crippen molar-refractivity contribution in [2.45, 2.75) is 31.4 Å². The number of hydrogen-bond acceptors (Lipinski definition) is 2. The summed E-state index contributed by atoms with van der Waals surface area (Å²) in [6.45, 7) is 3.97. The van der Waals surface area contributed by atoms with E-state index in [0.717, 1.165) is 12.1 Å². The Morgan fingerprint density at radius 1 is 1.50 bits per heavy atom. The zero-order valence-corrected chi connectivity index (χ0v) is 9.33. The van der Waals surface area contributed by atoms with Crippen molar-refractivity contribution in [3.05, 3.63) is 30.1 Å². The van der Waals surface area contributed by atoms with Crippen molar-refractivity contribution in [2.75, 3.05) is 0 Å². The molecule has 4 heteroatoms. The van der Waals surface area contributed by atoms with E-state index in [1.54, 1.807) is 6.20 Å². The molecular formula is C10H16N2OS. The van der Waals surface area contributed by atoms with E-state index in [1.165, 1.54) is 0 Å². The predicted molar refractivity (Wildman–Crippen MR) is 59.1 cm³/mol. The summed E-state index contributed by atoms with van der Waals surface area (Å²) in [4.78, 5) is 4.25. The van der Waals surface area contributed by atoms with Gasteiger partial charge in [0.05, 0.1) is 11.0 Å². The maximum Gasteiger partial charge on any atom is 0.0917 e. The van der Waals surface area contributed by atoms with E-state index in [9.17, 15) is 4.21 Å². The summed E-state index contributed by atoms with van der Waals surface area (Å²) in [5.74, 6) is 0.304. The van der Waals surface area contributed by atoms with Gasteiger partial charge in [0, 0.05) is 17.1 Å². The minimum atomic E-state index is -1.23. The maximum atomic E-state index is 11.0. The first kappa shape index (κ1) is 11.3.